The van der Waals surface area contributed by atoms with Crippen LogP contribution in [0.4, 0.5) is 0 Å². The topological polar surface area (TPSA) is 50.7 Å². The highest BCUT2D eigenvalue weighted by Gasteiger charge is 2.21. The Balaban J connectivity index is 1.63. The molecule has 0 radical (unpaired) electrons. The maximum Gasteiger partial charge on any atom is 0.281 e. The first kappa shape index (κ1) is 16.7. The summed E-state index contributed by atoms with van der Waals surface area (Å²) in [7, 11) is 1.62. The zero-order chi connectivity index (χ0) is 16.9. The number of rotatable bonds is 5. The van der Waals surface area contributed by atoms with Gasteiger partial charge < -0.3 is 4.74 Å². The number of nitrogens with zero attached hydrogens (tertiary/aromatic N) is 1. The Hall–Kier alpha value is -2.14. The van der Waals surface area contributed by atoms with E-state index >= 15 is 0 Å². The highest BCUT2D eigenvalue weighted by molar-refractivity contribution is 7.14. The lowest BCUT2D eigenvalue weighted by Gasteiger charge is -2.19. The fourth-order valence-electron chi connectivity index (χ4n) is 3.00. The average molecular weight is 342 g/mol. The van der Waals surface area contributed by atoms with Crippen LogP contribution in [0.5, 0.6) is 5.75 Å². The third-order valence-electron chi connectivity index (χ3n) is 4.46. The number of benzene rings is 1. The minimum Gasteiger partial charge on any atom is -0.497 e. The second-order valence-electron chi connectivity index (χ2n) is 6.05. The van der Waals surface area contributed by atoms with Crippen molar-refractivity contribution in [3.63, 3.8) is 0 Å². The smallest absolute Gasteiger partial charge is 0.281 e. The number of hydrogen-bond donors (Lipinski definition) is 1. The lowest BCUT2D eigenvalue weighted by molar-refractivity contribution is 0.0959. The number of carbonyl (C=O) groups is 1. The fourth-order valence-corrected chi connectivity index (χ4v) is 4.10. The molecule has 0 bridgehead atoms. The van der Waals surface area contributed by atoms with Crippen LogP contribution in [0.2, 0.25) is 0 Å². The van der Waals surface area contributed by atoms with Gasteiger partial charge in [0.1, 0.15) is 5.75 Å². The number of hydrogen-bond acceptors (Lipinski definition) is 4. The van der Waals surface area contributed by atoms with Crippen LogP contribution < -0.4 is 10.2 Å². The summed E-state index contributed by atoms with van der Waals surface area (Å²) in [6, 6.07) is 9.57. The zero-order valence-electron chi connectivity index (χ0n) is 14.0. The first-order valence-electron chi connectivity index (χ1n) is 8.28. The van der Waals surface area contributed by atoms with E-state index in [4.69, 9.17) is 4.74 Å². The molecule has 0 saturated carbocycles. The van der Waals surface area contributed by atoms with Crippen LogP contribution in [0, 0.1) is 5.92 Å². The first-order chi connectivity index (χ1) is 11.7. The molecule has 3 rings (SSSR count). The standard InChI is InChI=1S/C19H22N2O2S/c1-3-13-7-8-17-15(9-13)11-18(24-17)19(22)21-20-12-14-5-4-6-16(10-14)23-2/h4-6,10-13H,3,7-9H2,1-2H3,(H,21,22)/b20-12-/t13-/m1/s1. The third-order valence-corrected chi connectivity index (χ3v) is 5.70. The quantitative estimate of drug-likeness (QED) is 0.659. The van der Waals surface area contributed by atoms with Crippen molar-refractivity contribution in [2.45, 2.75) is 32.6 Å². The van der Waals surface area contributed by atoms with Gasteiger partial charge in [-0.3, -0.25) is 4.79 Å². The van der Waals surface area contributed by atoms with E-state index in [1.165, 1.54) is 23.3 Å². The van der Waals surface area contributed by atoms with E-state index in [1.807, 2.05) is 30.3 Å². The zero-order valence-corrected chi connectivity index (χ0v) is 14.9. The molecule has 1 aliphatic carbocycles. The number of fused-ring (bicyclic) bond motifs is 1. The second-order valence-corrected chi connectivity index (χ2v) is 7.19. The lowest BCUT2D eigenvalue weighted by atomic mass is 9.87. The minimum atomic E-state index is -0.137. The van der Waals surface area contributed by atoms with Gasteiger partial charge in [0.15, 0.2) is 0 Å². The number of ether oxygens (including phenoxy) is 1. The molecule has 1 atom stereocenters. The van der Waals surface area contributed by atoms with Gasteiger partial charge in [0.2, 0.25) is 0 Å². The van der Waals surface area contributed by atoms with Gasteiger partial charge in [0, 0.05) is 4.88 Å². The second kappa shape index (κ2) is 7.62. The molecule has 1 N–H and O–H groups in total. The van der Waals surface area contributed by atoms with Crippen molar-refractivity contribution in [3.8, 4) is 5.75 Å². The monoisotopic (exact) mass is 342 g/mol. The SMILES string of the molecule is CC[C@@H]1CCc2sc(C(=O)N/N=C\c3cccc(OC)c3)cc2C1. The predicted molar refractivity (Wildman–Crippen MR) is 98.2 cm³/mol. The van der Waals surface area contributed by atoms with Crippen LogP contribution in [0.15, 0.2) is 35.4 Å². The largest absolute Gasteiger partial charge is 0.497 e. The Kier molecular flexibility index (Phi) is 5.30. The summed E-state index contributed by atoms with van der Waals surface area (Å²) < 4.78 is 5.17. The van der Waals surface area contributed by atoms with E-state index in [0.717, 1.165) is 34.9 Å². The van der Waals surface area contributed by atoms with Gasteiger partial charge in [-0.25, -0.2) is 5.43 Å². The summed E-state index contributed by atoms with van der Waals surface area (Å²) in [6.07, 6.45) is 6.27. The summed E-state index contributed by atoms with van der Waals surface area (Å²) >= 11 is 1.60. The van der Waals surface area contributed by atoms with Crippen molar-refractivity contribution >= 4 is 23.5 Å². The van der Waals surface area contributed by atoms with Crippen LogP contribution >= 0.6 is 11.3 Å². The van der Waals surface area contributed by atoms with Gasteiger partial charge >= 0.3 is 0 Å². The minimum absolute atomic E-state index is 0.137. The molecule has 0 fully saturated rings. The summed E-state index contributed by atoms with van der Waals surface area (Å²) in [5.41, 5.74) is 4.85. The Morgan fingerprint density at radius 1 is 1.46 bits per heavy atom. The van der Waals surface area contributed by atoms with E-state index in [2.05, 4.69) is 17.5 Å². The fraction of sp³-hybridized carbons (Fsp3) is 0.368. The number of amides is 1. The molecule has 2 aromatic rings. The van der Waals surface area contributed by atoms with E-state index in [9.17, 15) is 4.79 Å². The molecule has 5 heteroatoms. The van der Waals surface area contributed by atoms with Crippen LogP contribution in [-0.2, 0) is 12.8 Å². The van der Waals surface area contributed by atoms with E-state index in [0.29, 0.717) is 0 Å². The Labute approximate surface area is 146 Å². The molecule has 24 heavy (non-hydrogen) atoms. The number of aryl methyl sites for hydroxylation is 1. The van der Waals surface area contributed by atoms with Gasteiger partial charge in [-0.2, -0.15) is 5.10 Å². The van der Waals surface area contributed by atoms with E-state index in [-0.39, 0.29) is 5.91 Å². The number of carbonyl (C=O) groups excluding carboxylic acids is 1. The number of methoxy groups -OCH3 is 1. The molecule has 0 unspecified atom stereocenters. The summed E-state index contributed by atoms with van der Waals surface area (Å²) in [6.45, 7) is 2.24. The van der Waals surface area contributed by atoms with Crippen molar-refractivity contribution < 1.29 is 9.53 Å². The Bertz CT molecular complexity index is 752. The molecule has 1 aromatic heterocycles. The molecule has 0 spiro atoms. The van der Waals surface area contributed by atoms with Crippen LogP contribution in [0.25, 0.3) is 0 Å². The van der Waals surface area contributed by atoms with Crippen LogP contribution in [0.1, 0.15) is 45.4 Å². The Morgan fingerprint density at radius 2 is 2.33 bits per heavy atom. The lowest BCUT2D eigenvalue weighted by Crippen LogP contribution is -2.16. The first-order valence-corrected chi connectivity index (χ1v) is 9.10. The predicted octanol–water partition coefficient (Wildman–Crippen LogP) is 4.04. The summed E-state index contributed by atoms with van der Waals surface area (Å²) in [5, 5.41) is 4.06. The molecule has 0 aliphatic heterocycles. The molecule has 1 aromatic carbocycles. The van der Waals surface area contributed by atoms with Crippen LogP contribution in [-0.4, -0.2) is 19.2 Å². The maximum absolute atomic E-state index is 12.3. The highest BCUT2D eigenvalue weighted by atomic mass is 32.1. The molecule has 1 heterocycles. The molecular formula is C19H22N2O2S. The highest BCUT2D eigenvalue weighted by Crippen LogP contribution is 2.33. The van der Waals surface area contributed by atoms with E-state index < -0.39 is 0 Å². The summed E-state index contributed by atoms with van der Waals surface area (Å²) in [4.78, 5) is 14.4. The van der Waals surface area contributed by atoms with Crippen molar-refractivity contribution in [3.05, 3.63) is 51.2 Å². The van der Waals surface area contributed by atoms with Crippen molar-refractivity contribution in [1.82, 2.24) is 5.43 Å². The van der Waals surface area contributed by atoms with Crippen molar-refractivity contribution in [2.75, 3.05) is 7.11 Å². The number of nitrogens with one attached hydrogen (secondary N) is 1. The molecule has 1 amide bonds. The van der Waals surface area contributed by atoms with Crippen LogP contribution in [0.3, 0.4) is 0 Å². The third kappa shape index (κ3) is 3.85. The van der Waals surface area contributed by atoms with Gasteiger partial charge in [0.25, 0.3) is 5.91 Å². The van der Waals surface area contributed by atoms with Gasteiger partial charge in [-0.15, -0.1) is 11.3 Å². The maximum atomic E-state index is 12.3. The van der Waals surface area contributed by atoms with E-state index in [1.54, 1.807) is 24.7 Å². The van der Waals surface area contributed by atoms with Crippen molar-refractivity contribution in [2.24, 2.45) is 11.0 Å². The Morgan fingerprint density at radius 3 is 3.12 bits per heavy atom. The summed E-state index contributed by atoms with van der Waals surface area (Å²) in [5.74, 6) is 1.39. The van der Waals surface area contributed by atoms with Gasteiger partial charge in [-0.1, -0.05) is 25.5 Å². The van der Waals surface area contributed by atoms with Gasteiger partial charge in [0.05, 0.1) is 18.2 Å². The number of thiophene rings is 1. The molecule has 126 valence electrons. The number of hydrazone groups is 1. The normalized spacial score (nSPS) is 16.8. The van der Waals surface area contributed by atoms with Gasteiger partial charge in [-0.05, 0) is 54.5 Å². The molecular weight excluding hydrogens is 320 g/mol. The molecule has 1 aliphatic rings. The van der Waals surface area contributed by atoms with Crippen molar-refractivity contribution in [1.29, 1.82) is 0 Å². The average Bonchev–Trinajstić information content (AvgIpc) is 3.05. The molecule has 4 nitrogen and oxygen atoms in total. The molecule has 0 saturated heterocycles.